The molecule has 4 aromatic rings. The van der Waals surface area contributed by atoms with Gasteiger partial charge in [0.25, 0.3) is 0 Å². The van der Waals surface area contributed by atoms with Gasteiger partial charge in [0.1, 0.15) is 10.0 Å². The monoisotopic (exact) mass is 521 g/mol. The number of hydrogen-bond donors (Lipinski definition) is 1. The van der Waals surface area contributed by atoms with Crippen LogP contribution in [0, 0.1) is 0 Å². The van der Waals surface area contributed by atoms with Gasteiger partial charge in [0.05, 0.1) is 29.0 Å². The Morgan fingerprint density at radius 1 is 1.20 bits per heavy atom. The minimum atomic E-state index is -4.22. The molecule has 3 aromatic heterocycles. The van der Waals surface area contributed by atoms with Crippen molar-refractivity contribution in [3.63, 3.8) is 0 Å². The van der Waals surface area contributed by atoms with Crippen molar-refractivity contribution < 1.29 is 18.0 Å². The zero-order valence-electron chi connectivity index (χ0n) is 18.5. The Bertz CT molecular complexity index is 1350. The summed E-state index contributed by atoms with van der Waals surface area (Å²) in [7, 11) is 0. The van der Waals surface area contributed by atoms with E-state index in [1.807, 2.05) is 39.8 Å². The largest absolute Gasteiger partial charge is 0.401 e. The molecule has 1 aliphatic heterocycles. The number of nitrogens with two attached hydrogens (primary N) is 1. The van der Waals surface area contributed by atoms with Crippen LogP contribution >= 0.6 is 23.1 Å². The number of halogens is 3. The quantitative estimate of drug-likeness (QED) is 0.397. The average molecular weight is 522 g/mol. The van der Waals surface area contributed by atoms with Crippen molar-refractivity contribution in [2.24, 2.45) is 5.73 Å². The molecule has 13 heteroatoms. The molecule has 0 spiro atoms. The van der Waals surface area contributed by atoms with Gasteiger partial charge in [0.2, 0.25) is 11.7 Å². The number of piperazine rings is 1. The summed E-state index contributed by atoms with van der Waals surface area (Å²) in [5.41, 5.74) is 6.33. The average Bonchev–Trinajstić information content (AvgIpc) is 3.41. The molecule has 0 saturated carbocycles. The summed E-state index contributed by atoms with van der Waals surface area (Å²) in [5, 5.41) is 1.67. The van der Waals surface area contributed by atoms with E-state index in [0.29, 0.717) is 18.9 Å². The van der Waals surface area contributed by atoms with Crippen molar-refractivity contribution in [2.75, 3.05) is 32.7 Å². The molecule has 1 aliphatic rings. The molecule has 0 aliphatic carbocycles. The molecule has 0 radical (unpaired) electrons. The van der Waals surface area contributed by atoms with Crippen molar-refractivity contribution in [1.82, 2.24) is 29.2 Å². The second-order valence-electron chi connectivity index (χ2n) is 8.28. The normalized spacial score (nSPS) is 16.8. The van der Waals surface area contributed by atoms with Crippen molar-refractivity contribution in [1.29, 1.82) is 0 Å². The van der Waals surface area contributed by atoms with Gasteiger partial charge in [-0.25, -0.2) is 15.0 Å². The first-order valence-corrected chi connectivity index (χ1v) is 12.6. The highest BCUT2D eigenvalue weighted by atomic mass is 32.2. The van der Waals surface area contributed by atoms with E-state index in [1.165, 1.54) is 16.2 Å². The van der Waals surface area contributed by atoms with Crippen LogP contribution in [0.25, 0.3) is 16.0 Å². The highest BCUT2D eigenvalue weighted by Crippen LogP contribution is 2.36. The maximum Gasteiger partial charge on any atom is 0.401 e. The summed E-state index contributed by atoms with van der Waals surface area (Å²) in [6.07, 6.45) is 1.22. The number of alkyl halides is 3. The molecule has 5 rings (SSSR count). The van der Waals surface area contributed by atoms with E-state index in [2.05, 4.69) is 9.97 Å². The minimum absolute atomic E-state index is 0.0650. The first-order chi connectivity index (χ1) is 16.7. The number of carbonyl (C=O) groups excluding carboxylic acids is 1. The first-order valence-electron chi connectivity index (χ1n) is 10.9. The van der Waals surface area contributed by atoms with Crippen LogP contribution in [0.3, 0.4) is 0 Å². The standard InChI is InChI=1S/C22H22F3N7OS2/c23-22(24,25)13-30-6-8-31(9-7-30)16(11-18(26)33)20-29-15-3-2-14(10-17(15)35-20)34-19-12-28-21-27-4-1-5-32(19)21/h1-5,10,12,16H,6-9,11,13H2,(H2,26,33). The Morgan fingerprint density at radius 3 is 2.74 bits per heavy atom. The van der Waals surface area contributed by atoms with Gasteiger partial charge in [-0.05, 0) is 24.3 Å². The molecule has 184 valence electrons. The Balaban J connectivity index is 1.35. The van der Waals surface area contributed by atoms with Gasteiger partial charge in [-0.3, -0.25) is 19.0 Å². The van der Waals surface area contributed by atoms with Crippen molar-refractivity contribution in [3.8, 4) is 0 Å². The molecule has 4 heterocycles. The fourth-order valence-corrected chi connectivity index (χ4v) is 6.30. The van der Waals surface area contributed by atoms with E-state index in [9.17, 15) is 18.0 Å². The fraction of sp³-hybridized carbons (Fsp3) is 0.364. The summed E-state index contributed by atoms with van der Waals surface area (Å²) in [6, 6.07) is 7.44. The number of carbonyl (C=O) groups is 1. The summed E-state index contributed by atoms with van der Waals surface area (Å²) in [4.78, 5) is 29.5. The molecule has 1 aromatic carbocycles. The van der Waals surface area contributed by atoms with Crippen LogP contribution in [-0.4, -0.2) is 74.0 Å². The molecular weight excluding hydrogens is 499 g/mol. The number of fused-ring (bicyclic) bond motifs is 2. The molecule has 8 nitrogen and oxygen atoms in total. The number of benzene rings is 1. The number of nitrogens with zero attached hydrogens (tertiary/aromatic N) is 6. The summed E-state index contributed by atoms with van der Waals surface area (Å²) < 4.78 is 41.1. The fourth-order valence-electron chi connectivity index (χ4n) is 4.18. The van der Waals surface area contributed by atoms with Crippen LogP contribution < -0.4 is 5.73 Å². The van der Waals surface area contributed by atoms with Crippen molar-refractivity contribution in [3.05, 3.63) is 47.9 Å². The van der Waals surface area contributed by atoms with E-state index < -0.39 is 18.6 Å². The lowest BCUT2D eigenvalue weighted by Gasteiger charge is -2.38. The lowest BCUT2D eigenvalue weighted by Crippen LogP contribution is -2.50. The number of aromatic nitrogens is 4. The zero-order chi connectivity index (χ0) is 24.6. The van der Waals surface area contributed by atoms with Crippen LogP contribution in [0.5, 0.6) is 0 Å². The first kappa shape index (κ1) is 24.0. The number of thiazole rings is 1. The SMILES string of the molecule is NC(=O)CC(c1nc2ccc(Sc3cnc4ncccn34)cc2s1)N1CCN(CC(F)(F)F)CC1. The number of rotatable bonds is 7. The molecule has 1 unspecified atom stereocenters. The molecule has 1 fully saturated rings. The summed E-state index contributed by atoms with van der Waals surface area (Å²) in [6.45, 7) is 0.440. The van der Waals surface area contributed by atoms with Gasteiger partial charge in [0, 0.05) is 49.9 Å². The van der Waals surface area contributed by atoms with Gasteiger partial charge >= 0.3 is 6.18 Å². The Hall–Kier alpha value is -2.74. The van der Waals surface area contributed by atoms with E-state index in [0.717, 1.165) is 25.1 Å². The van der Waals surface area contributed by atoms with E-state index >= 15 is 0 Å². The molecule has 35 heavy (non-hydrogen) atoms. The van der Waals surface area contributed by atoms with Crippen molar-refractivity contribution >= 4 is 45.0 Å². The molecular formula is C22H22F3N7OS2. The van der Waals surface area contributed by atoms with Crippen LogP contribution in [0.2, 0.25) is 0 Å². The highest BCUT2D eigenvalue weighted by molar-refractivity contribution is 7.99. The number of hydrogen-bond acceptors (Lipinski definition) is 8. The minimum Gasteiger partial charge on any atom is -0.370 e. The third kappa shape index (κ3) is 5.58. The van der Waals surface area contributed by atoms with Crippen LogP contribution in [0.15, 0.2) is 52.8 Å². The van der Waals surface area contributed by atoms with Crippen LogP contribution in [0.1, 0.15) is 17.5 Å². The zero-order valence-corrected chi connectivity index (χ0v) is 20.1. The maximum absolute atomic E-state index is 12.7. The molecule has 1 saturated heterocycles. The third-order valence-corrected chi connectivity index (χ3v) is 7.90. The van der Waals surface area contributed by atoms with E-state index in [-0.39, 0.29) is 25.6 Å². The third-order valence-electron chi connectivity index (χ3n) is 5.78. The number of primary amides is 1. The number of amides is 1. The van der Waals surface area contributed by atoms with Gasteiger partial charge in [0.15, 0.2) is 0 Å². The summed E-state index contributed by atoms with van der Waals surface area (Å²) >= 11 is 3.04. The Morgan fingerprint density at radius 2 is 2.00 bits per heavy atom. The van der Waals surface area contributed by atoms with Gasteiger partial charge in [-0.2, -0.15) is 13.2 Å². The Kier molecular flexibility index (Phi) is 6.66. The topological polar surface area (TPSA) is 92.6 Å². The Labute approximate surface area is 207 Å². The lowest BCUT2D eigenvalue weighted by atomic mass is 10.1. The smallest absolute Gasteiger partial charge is 0.370 e. The maximum atomic E-state index is 12.7. The highest BCUT2D eigenvalue weighted by Gasteiger charge is 2.34. The van der Waals surface area contributed by atoms with Gasteiger partial charge in [-0.1, -0.05) is 11.8 Å². The second kappa shape index (κ2) is 9.72. The van der Waals surface area contributed by atoms with Gasteiger partial charge in [-0.15, -0.1) is 11.3 Å². The van der Waals surface area contributed by atoms with Gasteiger partial charge < -0.3 is 5.73 Å². The number of imidazole rings is 1. The van der Waals surface area contributed by atoms with Crippen LogP contribution in [-0.2, 0) is 4.79 Å². The lowest BCUT2D eigenvalue weighted by molar-refractivity contribution is -0.150. The molecule has 1 atom stereocenters. The van der Waals surface area contributed by atoms with E-state index in [4.69, 9.17) is 10.7 Å². The van der Waals surface area contributed by atoms with E-state index in [1.54, 1.807) is 24.2 Å². The predicted octanol–water partition coefficient (Wildman–Crippen LogP) is 3.59. The second-order valence-corrected chi connectivity index (χ2v) is 10.4. The molecule has 1 amide bonds. The molecule has 0 bridgehead atoms. The van der Waals surface area contributed by atoms with Crippen molar-refractivity contribution in [2.45, 2.75) is 28.6 Å². The summed E-state index contributed by atoms with van der Waals surface area (Å²) in [5.74, 6) is 0.158. The predicted molar refractivity (Wildman–Crippen MR) is 127 cm³/mol. The van der Waals surface area contributed by atoms with Crippen LogP contribution in [0.4, 0.5) is 13.2 Å². The molecule has 2 N–H and O–H groups in total.